The first-order valence-electron chi connectivity index (χ1n) is 11.4. The van der Waals surface area contributed by atoms with Crippen LogP contribution in [0.3, 0.4) is 0 Å². The van der Waals surface area contributed by atoms with E-state index in [4.69, 9.17) is 0 Å². The highest BCUT2D eigenvalue weighted by Crippen LogP contribution is 2.18. The first-order chi connectivity index (χ1) is 15.8. The number of aryl methyl sites for hydroxylation is 1. The third kappa shape index (κ3) is 6.81. The highest BCUT2D eigenvalue weighted by atomic mass is 16.4. The molecule has 3 amide bonds. The highest BCUT2D eigenvalue weighted by molar-refractivity contribution is 5.90. The first kappa shape index (κ1) is 24.3. The number of aliphatic carboxylic acids is 1. The number of benzene rings is 1. The number of imidazole rings is 1. The number of H-pyrrole nitrogens is 1. The minimum atomic E-state index is -1.07. The van der Waals surface area contributed by atoms with Gasteiger partial charge in [-0.25, -0.2) is 14.6 Å². The Morgan fingerprint density at radius 1 is 1.24 bits per heavy atom. The molecular formula is C24H33N5O4. The van der Waals surface area contributed by atoms with Gasteiger partial charge in [0.15, 0.2) is 0 Å². The van der Waals surface area contributed by atoms with Crippen LogP contribution in [0.15, 0.2) is 42.9 Å². The van der Waals surface area contributed by atoms with E-state index < -0.39 is 24.1 Å². The molecule has 1 aromatic carbocycles. The number of nitrogens with zero attached hydrogens (tertiary/aromatic N) is 3. The molecule has 1 aromatic heterocycles. The molecule has 3 N–H and O–H groups in total. The lowest BCUT2D eigenvalue weighted by atomic mass is 10.0. The molecule has 178 valence electrons. The van der Waals surface area contributed by atoms with Crippen LogP contribution in [0.2, 0.25) is 0 Å². The van der Waals surface area contributed by atoms with Crippen molar-refractivity contribution in [2.75, 3.05) is 19.6 Å². The minimum Gasteiger partial charge on any atom is -0.480 e. The van der Waals surface area contributed by atoms with Gasteiger partial charge in [0, 0.05) is 37.9 Å². The lowest BCUT2D eigenvalue weighted by molar-refractivity contribution is -0.140. The summed E-state index contributed by atoms with van der Waals surface area (Å²) < 4.78 is 0. The summed E-state index contributed by atoms with van der Waals surface area (Å²) in [6, 6.07) is 7.39. The van der Waals surface area contributed by atoms with Crippen molar-refractivity contribution in [3.05, 3.63) is 54.1 Å². The van der Waals surface area contributed by atoms with E-state index in [2.05, 4.69) is 15.3 Å². The summed E-state index contributed by atoms with van der Waals surface area (Å²) >= 11 is 0. The zero-order valence-electron chi connectivity index (χ0n) is 19.2. The maximum atomic E-state index is 13.4. The number of carboxylic acid groups (broad SMARTS) is 1. The predicted octanol–water partition coefficient (Wildman–Crippen LogP) is 2.31. The molecule has 0 spiro atoms. The zero-order valence-corrected chi connectivity index (χ0v) is 19.2. The van der Waals surface area contributed by atoms with Crippen molar-refractivity contribution < 1.29 is 19.5 Å². The molecule has 0 aliphatic carbocycles. The van der Waals surface area contributed by atoms with E-state index in [1.54, 1.807) is 17.4 Å². The van der Waals surface area contributed by atoms with Gasteiger partial charge in [-0.05, 0) is 30.7 Å². The van der Waals surface area contributed by atoms with Crippen LogP contribution in [0.4, 0.5) is 4.79 Å². The summed E-state index contributed by atoms with van der Waals surface area (Å²) in [5.41, 5.74) is 1.97. The van der Waals surface area contributed by atoms with Crippen molar-refractivity contribution in [3.63, 3.8) is 0 Å². The van der Waals surface area contributed by atoms with E-state index in [9.17, 15) is 19.5 Å². The van der Waals surface area contributed by atoms with E-state index in [-0.39, 0.29) is 11.8 Å². The average Bonchev–Trinajstić information content (AvgIpc) is 3.29. The number of carboxylic acids is 1. The van der Waals surface area contributed by atoms with Gasteiger partial charge in [0.2, 0.25) is 5.91 Å². The Labute approximate surface area is 194 Å². The van der Waals surface area contributed by atoms with Crippen LogP contribution >= 0.6 is 0 Å². The van der Waals surface area contributed by atoms with Gasteiger partial charge in [-0.2, -0.15) is 0 Å². The quantitative estimate of drug-likeness (QED) is 0.508. The summed E-state index contributed by atoms with van der Waals surface area (Å²) in [5, 5.41) is 12.2. The number of hydrogen-bond acceptors (Lipinski definition) is 4. The number of aromatic amines is 1. The third-order valence-corrected chi connectivity index (χ3v) is 5.85. The number of amides is 3. The van der Waals surface area contributed by atoms with Crippen LogP contribution < -0.4 is 5.32 Å². The molecule has 9 heteroatoms. The monoisotopic (exact) mass is 455 g/mol. The van der Waals surface area contributed by atoms with Gasteiger partial charge < -0.3 is 25.2 Å². The van der Waals surface area contributed by atoms with Gasteiger partial charge in [0.1, 0.15) is 12.1 Å². The molecule has 33 heavy (non-hydrogen) atoms. The maximum absolute atomic E-state index is 13.4. The molecule has 1 aliphatic rings. The van der Waals surface area contributed by atoms with Gasteiger partial charge in [-0.3, -0.25) is 4.79 Å². The maximum Gasteiger partial charge on any atom is 0.326 e. The lowest BCUT2D eigenvalue weighted by Crippen LogP contribution is -2.62. The Bertz CT molecular complexity index is 916. The predicted molar refractivity (Wildman–Crippen MR) is 124 cm³/mol. The molecule has 0 unspecified atom stereocenters. The third-order valence-electron chi connectivity index (χ3n) is 5.85. The van der Waals surface area contributed by atoms with Gasteiger partial charge >= 0.3 is 12.0 Å². The molecule has 2 aromatic rings. The standard InChI is InChI=1S/C24H33N5O4/c1-17(2)13-20(23(31)32)27-24(33)29-12-11-28(10-6-9-19-15-25-16-26-19)22(30)21(29)14-18-7-4-3-5-8-18/h3-5,7-8,15-17,20-21H,6,9-14H2,1-2H3,(H,25,26)(H,27,33)(H,31,32)/t20-,21-/m0/s1. The molecule has 0 radical (unpaired) electrons. The molecular weight excluding hydrogens is 422 g/mol. The second-order valence-electron chi connectivity index (χ2n) is 8.87. The number of hydrogen-bond donors (Lipinski definition) is 3. The van der Waals surface area contributed by atoms with E-state index in [0.29, 0.717) is 32.5 Å². The lowest BCUT2D eigenvalue weighted by Gasteiger charge is -2.41. The Morgan fingerprint density at radius 2 is 2.00 bits per heavy atom. The largest absolute Gasteiger partial charge is 0.480 e. The Balaban J connectivity index is 1.71. The van der Waals surface area contributed by atoms with E-state index in [0.717, 1.165) is 24.1 Å². The topological polar surface area (TPSA) is 119 Å². The van der Waals surface area contributed by atoms with Crippen LogP contribution in [-0.4, -0.2) is 74.5 Å². The van der Waals surface area contributed by atoms with Crippen LogP contribution in [0, 0.1) is 5.92 Å². The van der Waals surface area contributed by atoms with Gasteiger partial charge in [-0.15, -0.1) is 0 Å². The van der Waals surface area contributed by atoms with Crippen LogP contribution in [0.5, 0.6) is 0 Å². The molecule has 1 fully saturated rings. The van der Waals surface area contributed by atoms with Crippen LogP contribution in [-0.2, 0) is 22.4 Å². The fourth-order valence-electron chi connectivity index (χ4n) is 4.15. The molecule has 9 nitrogen and oxygen atoms in total. The van der Waals surface area contributed by atoms with Crippen molar-refractivity contribution in [1.82, 2.24) is 25.1 Å². The molecule has 0 saturated carbocycles. The van der Waals surface area contributed by atoms with Gasteiger partial charge in [-0.1, -0.05) is 44.2 Å². The second-order valence-corrected chi connectivity index (χ2v) is 8.87. The highest BCUT2D eigenvalue weighted by Gasteiger charge is 2.38. The Kier molecular flexibility index (Phi) is 8.46. The summed E-state index contributed by atoms with van der Waals surface area (Å²) in [6.45, 7) is 5.18. The molecule has 1 aliphatic heterocycles. The average molecular weight is 456 g/mol. The van der Waals surface area contributed by atoms with Crippen molar-refractivity contribution in [1.29, 1.82) is 0 Å². The van der Waals surface area contributed by atoms with Crippen molar-refractivity contribution >= 4 is 17.9 Å². The van der Waals surface area contributed by atoms with Crippen LogP contribution in [0.25, 0.3) is 0 Å². The van der Waals surface area contributed by atoms with Gasteiger partial charge in [0.05, 0.1) is 6.33 Å². The SMILES string of the molecule is CC(C)C[C@H](NC(=O)N1CCN(CCCc2cnc[nH]2)C(=O)[C@@H]1Cc1ccccc1)C(=O)O. The summed E-state index contributed by atoms with van der Waals surface area (Å²) in [6.07, 6.45) is 5.69. The summed E-state index contributed by atoms with van der Waals surface area (Å²) in [7, 11) is 0. The van der Waals surface area contributed by atoms with E-state index in [1.807, 2.05) is 44.2 Å². The molecule has 3 rings (SSSR count). The van der Waals surface area contributed by atoms with Crippen LogP contribution in [0.1, 0.15) is 37.9 Å². The number of carbonyl (C=O) groups excluding carboxylic acids is 2. The number of rotatable bonds is 10. The van der Waals surface area contributed by atoms with Gasteiger partial charge in [0.25, 0.3) is 0 Å². The number of aromatic nitrogens is 2. The molecule has 2 atom stereocenters. The van der Waals surface area contributed by atoms with E-state index >= 15 is 0 Å². The van der Waals surface area contributed by atoms with Crippen molar-refractivity contribution in [3.8, 4) is 0 Å². The number of piperazine rings is 1. The Morgan fingerprint density at radius 3 is 2.64 bits per heavy atom. The van der Waals surface area contributed by atoms with Crippen molar-refractivity contribution in [2.24, 2.45) is 5.92 Å². The zero-order chi connectivity index (χ0) is 23.8. The Hall–Kier alpha value is -3.36. The summed E-state index contributed by atoms with van der Waals surface area (Å²) in [4.78, 5) is 48.5. The molecule has 2 heterocycles. The molecule has 1 saturated heterocycles. The number of nitrogens with one attached hydrogen (secondary N) is 2. The summed E-state index contributed by atoms with van der Waals surface area (Å²) in [5.74, 6) is -1.07. The molecule has 0 bridgehead atoms. The number of urea groups is 1. The van der Waals surface area contributed by atoms with E-state index in [1.165, 1.54) is 4.90 Å². The fraction of sp³-hybridized carbons (Fsp3) is 0.500. The normalized spacial score (nSPS) is 17.3. The fourth-order valence-corrected chi connectivity index (χ4v) is 4.15. The smallest absolute Gasteiger partial charge is 0.326 e. The van der Waals surface area contributed by atoms with Crippen molar-refractivity contribution in [2.45, 2.75) is 51.6 Å². The number of carbonyl (C=O) groups is 3. The second kappa shape index (κ2) is 11.5. The first-order valence-corrected chi connectivity index (χ1v) is 11.4. The minimum absolute atomic E-state index is 0.111.